The molecule has 2 heterocycles. The first-order valence-electron chi connectivity index (χ1n) is 10.4. The highest BCUT2D eigenvalue weighted by molar-refractivity contribution is 5.83. The number of guanidine groups is 1. The Hall–Kier alpha value is -3.08. The molecule has 1 aromatic heterocycles. The third-order valence-corrected chi connectivity index (χ3v) is 5.60. The first-order chi connectivity index (χ1) is 14.2. The number of aliphatic imine (C=N–C) groups is 1. The molecule has 0 bridgehead atoms. The van der Waals surface area contributed by atoms with Crippen LogP contribution in [-0.2, 0) is 6.54 Å². The van der Waals surface area contributed by atoms with Gasteiger partial charge in [-0.2, -0.15) is 0 Å². The summed E-state index contributed by atoms with van der Waals surface area (Å²) in [5, 5.41) is 8.14. The van der Waals surface area contributed by atoms with Gasteiger partial charge in [0.2, 0.25) is 0 Å². The van der Waals surface area contributed by atoms with E-state index in [1.165, 1.54) is 35.0 Å². The van der Waals surface area contributed by atoms with E-state index in [4.69, 9.17) is 0 Å². The van der Waals surface area contributed by atoms with Gasteiger partial charge in [-0.05, 0) is 55.2 Å². The van der Waals surface area contributed by atoms with Gasteiger partial charge in [-0.1, -0.05) is 30.3 Å². The summed E-state index contributed by atoms with van der Waals surface area (Å²) in [5.41, 5.74) is 4.82. The Morgan fingerprint density at radius 2 is 1.93 bits per heavy atom. The molecule has 5 nitrogen and oxygen atoms in total. The van der Waals surface area contributed by atoms with Crippen LogP contribution in [0, 0.1) is 0 Å². The van der Waals surface area contributed by atoms with Crippen LogP contribution in [0.4, 0.5) is 5.69 Å². The van der Waals surface area contributed by atoms with E-state index in [-0.39, 0.29) is 6.04 Å². The Morgan fingerprint density at radius 1 is 1.10 bits per heavy atom. The fourth-order valence-electron chi connectivity index (χ4n) is 3.94. The molecule has 150 valence electrons. The quantitative estimate of drug-likeness (QED) is 0.507. The fraction of sp³-hybridized carbons (Fsp3) is 0.333. The third-order valence-electron chi connectivity index (χ3n) is 5.60. The molecule has 1 saturated heterocycles. The minimum atomic E-state index is 0.165. The topological polar surface area (TPSA) is 52.6 Å². The summed E-state index contributed by atoms with van der Waals surface area (Å²) in [6.45, 7) is 5.20. The van der Waals surface area contributed by atoms with Gasteiger partial charge in [0.15, 0.2) is 5.96 Å². The average molecular weight is 388 g/mol. The number of nitrogens with zero attached hydrogens (tertiary/aromatic N) is 3. The number of pyridine rings is 1. The van der Waals surface area contributed by atoms with Crippen molar-refractivity contribution in [3.8, 4) is 0 Å². The van der Waals surface area contributed by atoms with Crippen LogP contribution in [0.3, 0.4) is 0 Å². The Labute approximate surface area is 172 Å². The molecule has 0 spiro atoms. The molecular formula is C24H29N5. The lowest BCUT2D eigenvalue weighted by Crippen LogP contribution is -2.38. The van der Waals surface area contributed by atoms with Gasteiger partial charge in [0, 0.05) is 44.0 Å². The van der Waals surface area contributed by atoms with Crippen LogP contribution in [0.1, 0.15) is 36.9 Å². The highest BCUT2D eigenvalue weighted by Gasteiger charge is 2.14. The summed E-state index contributed by atoms with van der Waals surface area (Å²) >= 11 is 0. The molecule has 0 aliphatic carbocycles. The molecule has 1 aliphatic rings. The molecular weight excluding hydrogens is 358 g/mol. The second-order valence-electron chi connectivity index (χ2n) is 7.57. The second-order valence-corrected chi connectivity index (χ2v) is 7.57. The van der Waals surface area contributed by atoms with E-state index in [2.05, 4.69) is 74.9 Å². The van der Waals surface area contributed by atoms with Gasteiger partial charge in [-0.3, -0.25) is 9.98 Å². The lowest BCUT2D eigenvalue weighted by Gasteiger charge is -2.22. The van der Waals surface area contributed by atoms with Crippen LogP contribution in [0.15, 0.2) is 65.8 Å². The number of para-hydroxylation sites is 1. The molecule has 0 saturated carbocycles. The van der Waals surface area contributed by atoms with Gasteiger partial charge in [0.25, 0.3) is 0 Å². The zero-order valence-electron chi connectivity index (χ0n) is 17.2. The van der Waals surface area contributed by atoms with Crippen molar-refractivity contribution in [2.45, 2.75) is 32.4 Å². The highest BCUT2D eigenvalue weighted by Crippen LogP contribution is 2.24. The molecule has 0 radical (unpaired) electrons. The van der Waals surface area contributed by atoms with Crippen molar-refractivity contribution in [1.29, 1.82) is 0 Å². The van der Waals surface area contributed by atoms with Crippen LogP contribution in [0.2, 0.25) is 0 Å². The van der Waals surface area contributed by atoms with E-state index in [1.54, 1.807) is 0 Å². The summed E-state index contributed by atoms with van der Waals surface area (Å²) < 4.78 is 0. The Morgan fingerprint density at radius 3 is 2.76 bits per heavy atom. The Balaban J connectivity index is 1.42. The molecule has 1 unspecified atom stereocenters. The average Bonchev–Trinajstić information content (AvgIpc) is 3.31. The molecule has 3 aromatic rings. The van der Waals surface area contributed by atoms with Gasteiger partial charge >= 0.3 is 0 Å². The van der Waals surface area contributed by atoms with Crippen LogP contribution in [0.5, 0.6) is 0 Å². The molecule has 2 N–H and O–H groups in total. The van der Waals surface area contributed by atoms with Crippen molar-refractivity contribution in [3.63, 3.8) is 0 Å². The standard InChI is InChI=1S/C24H29N5/c1-18(19-8-7-9-21(16-19)29-14-5-6-15-29)28-24(25-2)27-17-20-12-13-26-23-11-4-3-10-22(20)23/h3-4,7-13,16,18H,5-6,14-15,17H2,1-2H3,(H2,25,27,28). The number of hydrogen-bond acceptors (Lipinski definition) is 3. The van der Waals surface area contributed by atoms with Crippen molar-refractivity contribution < 1.29 is 0 Å². The van der Waals surface area contributed by atoms with E-state index in [0.29, 0.717) is 6.54 Å². The number of hydrogen-bond donors (Lipinski definition) is 2. The molecule has 29 heavy (non-hydrogen) atoms. The third kappa shape index (κ3) is 4.50. The highest BCUT2D eigenvalue weighted by atomic mass is 15.2. The number of anilines is 1. The predicted molar refractivity (Wildman–Crippen MR) is 121 cm³/mol. The first-order valence-corrected chi connectivity index (χ1v) is 10.4. The first kappa shape index (κ1) is 19.2. The SMILES string of the molecule is CN=C(NCc1ccnc2ccccc12)NC(C)c1cccc(N2CCCC2)c1. The van der Waals surface area contributed by atoms with Gasteiger partial charge < -0.3 is 15.5 Å². The van der Waals surface area contributed by atoms with Crippen LogP contribution < -0.4 is 15.5 Å². The molecule has 1 fully saturated rings. The van der Waals surface area contributed by atoms with E-state index < -0.39 is 0 Å². The Kier molecular flexibility index (Phi) is 5.94. The minimum Gasteiger partial charge on any atom is -0.372 e. The van der Waals surface area contributed by atoms with Gasteiger partial charge in [0.1, 0.15) is 0 Å². The number of aromatic nitrogens is 1. The number of nitrogens with one attached hydrogen (secondary N) is 2. The van der Waals surface area contributed by atoms with E-state index in [0.717, 1.165) is 24.6 Å². The van der Waals surface area contributed by atoms with Crippen LogP contribution in [0.25, 0.3) is 10.9 Å². The maximum absolute atomic E-state index is 4.44. The van der Waals surface area contributed by atoms with Crippen molar-refractivity contribution in [3.05, 3.63) is 71.9 Å². The van der Waals surface area contributed by atoms with Gasteiger partial charge in [-0.15, -0.1) is 0 Å². The van der Waals surface area contributed by atoms with E-state index in [9.17, 15) is 0 Å². The normalized spacial score (nSPS) is 15.5. The second kappa shape index (κ2) is 8.95. The molecule has 1 aliphatic heterocycles. The zero-order valence-corrected chi connectivity index (χ0v) is 17.2. The monoisotopic (exact) mass is 387 g/mol. The van der Waals surface area contributed by atoms with Crippen molar-refractivity contribution in [2.24, 2.45) is 4.99 Å². The largest absolute Gasteiger partial charge is 0.372 e. The molecule has 4 rings (SSSR count). The molecule has 5 heteroatoms. The number of benzene rings is 2. The molecule has 1 atom stereocenters. The zero-order chi connectivity index (χ0) is 20.1. The molecule has 2 aromatic carbocycles. The number of rotatable bonds is 5. The molecule has 0 amide bonds. The lowest BCUT2D eigenvalue weighted by molar-refractivity contribution is 0.685. The summed E-state index contributed by atoms with van der Waals surface area (Å²) in [4.78, 5) is 11.3. The van der Waals surface area contributed by atoms with Crippen LogP contribution >= 0.6 is 0 Å². The summed E-state index contributed by atoms with van der Waals surface area (Å²) in [6, 6.07) is 19.3. The van der Waals surface area contributed by atoms with Crippen molar-refractivity contribution in [1.82, 2.24) is 15.6 Å². The fourth-order valence-corrected chi connectivity index (χ4v) is 3.94. The summed E-state index contributed by atoms with van der Waals surface area (Å²) in [7, 11) is 1.81. The van der Waals surface area contributed by atoms with Gasteiger partial charge in [-0.25, -0.2) is 0 Å². The van der Waals surface area contributed by atoms with E-state index >= 15 is 0 Å². The number of fused-ring (bicyclic) bond motifs is 1. The summed E-state index contributed by atoms with van der Waals surface area (Å²) in [6.07, 6.45) is 4.44. The van der Waals surface area contributed by atoms with Crippen molar-refractivity contribution in [2.75, 3.05) is 25.0 Å². The summed E-state index contributed by atoms with van der Waals surface area (Å²) in [5.74, 6) is 0.796. The maximum atomic E-state index is 4.44. The van der Waals surface area contributed by atoms with E-state index in [1.807, 2.05) is 25.4 Å². The predicted octanol–water partition coefficient (Wildman–Crippen LogP) is 4.26. The van der Waals surface area contributed by atoms with Gasteiger partial charge in [0.05, 0.1) is 11.6 Å². The lowest BCUT2D eigenvalue weighted by atomic mass is 10.1. The van der Waals surface area contributed by atoms with Crippen molar-refractivity contribution >= 4 is 22.5 Å². The minimum absolute atomic E-state index is 0.165. The smallest absolute Gasteiger partial charge is 0.191 e. The van der Waals surface area contributed by atoms with Crippen LogP contribution in [-0.4, -0.2) is 31.1 Å². The Bertz CT molecular complexity index is 986. The maximum Gasteiger partial charge on any atom is 0.191 e.